The standard InChI is InChI=1S/C13H17NO3/c1-14(10-4-2-3-5-10)13(17)9-6-11(15)8-12(16)7-9/h6-8,10,15-16H,2-5H2,1H3. The number of carbonyl (C=O) groups excluding carboxylic acids is 1. The van der Waals surface area contributed by atoms with Gasteiger partial charge in [0.1, 0.15) is 11.5 Å². The first-order chi connectivity index (χ1) is 8.08. The van der Waals surface area contributed by atoms with Crippen LogP contribution in [0.15, 0.2) is 18.2 Å². The lowest BCUT2D eigenvalue weighted by molar-refractivity contribution is 0.0734. The molecule has 0 saturated heterocycles. The maximum atomic E-state index is 12.1. The maximum Gasteiger partial charge on any atom is 0.254 e. The minimum atomic E-state index is -0.150. The zero-order valence-electron chi connectivity index (χ0n) is 9.89. The molecule has 0 radical (unpaired) electrons. The summed E-state index contributed by atoms with van der Waals surface area (Å²) in [5, 5.41) is 18.7. The van der Waals surface area contributed by atoms with Gasteiger partial charge in [-0.1, -0.05) is 12.8 Å². The van der Waals surface area contributed by atoms with E-state index in [1.165, 1.54) is 18.2 Å². The van der Waals surface area contributed by atoms with Gasteiger partial charge in [-0.25, -0.2) is 0 Å². The quantitative estimate of drug-likeness (QED) is 0.825. The normalized spacial score (nSPS) is 16.1. The molecule has 0 heterocycles. The third-order valence-corrected chi connectivity index (χ3v) is 3.34. The zero-order valence-corrected chi connectivity index (χ0v) is 9.89. The molecule has 4 nitrogen and oxygen atoms in total. The van der Waals surface area contributed by atoms with Gasteiger partial charge in [0.2, 0.25) is 0 Å². The third-order valence-electron chi connectivity index (χ3n) is 3.34. The van der Waals surface area contributed by atoms with Gasteiger partial charge in [0, 0.05) is 24.7 Å². The van der Waals surface area contributed by atoms with Crippen LogP contribution >= 0.6 is 0 Å². The summed E-state index contributed by atoms with van der Waals surface area (Å²) in [6, 6.07) is 4.26. The SMILES string of the molecule is CN(C(=O)c1cc(O)cc(O)c1)C1CCCC1. The summed E-state index contributed by atoms with van der Waals surface area (Å²) in [6.45, 7) is 0. The van der Waals surface area contributed by atoms with Gasteiger partial charge in [-0.3, -0.25) is 4.79 Å². The van der Waals surface area contributed by atoms with E-state index < -0.39 is 0 Å². The van der Waals surface area contributed by atoms with Crippen LogP contribution in [0.2, 0.25) is 0 Å². The molecule has 1 fully saturated rings. The fourth-order valence-corrected chi connectivity index (χ4v) is 2.38. The van der Waals surface area contributed by atoms with Gasteiger partial charge in [0.25, 0.3) is 5.91 Å². The van der Waals surface area contributed by atoms with Crippen LogP contribution < -0.4 is 0 Å². The Bertz CT molecular complexity index is 404. The Morgan fingerprint density at radius 3 is 2.24 bits per heavy atom. The van der Waals surface area contributed by atoms with E-state index in [4.69, 9.17) is 0 Å². The molecule has 4 heteroatoms. The van der Waals surface area contributed by atoms with Crippen molar-refractivity contribution < 1.29 is 15.0 Å². The number of rotatable bonds is 2. The van der Waals surface area contributed by atoms with Crippen molar-refractivity contribution in [2.75, 3.05) is 7.05 Å². The van der Waals surface area contributed by atoms with E-state index >= 15 is 0 Å². The first-order valence-electron chi connectivity index (χ1n) is 5.88. The summed E-state index contributed by atoms with van der Waals surface area (Å²) in [7, 11) is 1.78. The summed E-state index contributed by atoms with van der Waals surface area (Å²) < 4.78 is 0. The van der Waals surface area contributed by atoms with E-state index in [0.717, 1.165) is 25.7 Å². The Morgan fingerprint density at radius 2 is 1.71 bits per heavy atom. The summed E-state index contributed by atoms with van der Waals surface area (Å²) in [5.74, 6) is -0.329. The highest BCUT2D eigenvalue weighted by Crippen LogP contribution is 2.26. The topological polar surface area (TPSA) is 60.8 Å². The first-order valence-corrected chi connectivity index (χ1v) is 5.88. The molecular formula is C13H17NO3. The summed E-state index contributed by atoms with van der Waals surface area (Å²) in [4.78, 5) is 13.8. The molecule has 1 saturated carbocycles. The maximum absolute atomic E-state index is 12.1. The van der Waals surface area contributed by atoms with E-state index in [1.807, 2.05) is 0 Å². The molecule has 0 aromatic heterocycles. The Labute approximate surface area is 100 Å². The molecule has 1 aromatic rings. The number of carbonyl (C=O) groups is 1. The summed E-state index contributed by atoms with van der Waals surface area (Å²) >= 11 is 0. The van der Waals surface area contributed by atoms with Gasteiger partial charge in [-0.2, -0.15) is 0 Å². The molecule has 1 aromatic carbocycles. The number of nitrogens with zero attached hydrogens (tertiary/aromatic N) is 1. The van der Waals surface area contributed by atoms with Crippen molar-refractivity contribution >= 4 is 5.91 Å². The molecular weight excluding hydrogens is 218 g/mol. The summed E-state index contributed by atoms with van der Waals surface area (Å²) in [5.41, 5.74) is 0.330. The molecule has 1 aliphatic carbocycles. The first kappa shape index (κ1) is 11.8. The fourth-order valence-electron chi connectivity index (χ4n) is 2.38. The highest BCUT2D eigenvalue weighted by Gasteiger charge is 2.24. The van der Waals surface area contributed by atoms with E-state index in [2.05, 4.69) is 0 Å². The molecule has 17 heavy (non-hydrogen) atoms. The van der Waals surface area contributed by atoms with Gasteiger partial charge in [-0.05, 0) is 25.0 Å². The van der Waals surface area contributed by atoms with Gasteiger partial charge >= 0.3 is 0 Å². The number of benzene rings is 1. The zero-order chi connectivity index (χ0) is 12.4. The van der Waals surface area contributed by atoms with Crippen LogP contribution in [-0.2, 0) is 0 Å². The Kier molecular flexibility index (Phi) is 3.22. The van der Waals surface area contributed by atoms with Crippen LogP contribution in [0.5, 0.6) is 11.5 Å². The van der Waals surface area contributed by atoms with Gasteiger partial charge in [-0.15, -0.1) is 0 Å². The van der Waals surface area contributed by atoms with Crippen molar-refractivity contribution in [3.8, 4) is 11.5 Å². The smallest absolute Gasteiger partial charge is 0.254 e. The molecule has 1 amide bonds. The average Bonchev–Trinajstić information content (AvgIpc) is 2.79. The second kappa shape index (κ2) is 4.65. The lowest BCUT2D eigenvalue weighted by Crippen LogP contribution is -2.35. The molecule has 0 aliphatic heterocycles. The number of hydrogen-bond donors (Lipinski definition) is 2. The number of amides is 1. The molecule has 92 valence electrons. The van der Waals surface area contributed by atoms with Crippen molar-refractivity contribution in [2.24, 2.45) is 0 Å². The molecule has 0 atom stereocenters. The van der Waals surface area contributed by atoms with Crippen molar-refractivity contribution in [1.29, 1.82) is 0 Å². The number of hydrogen-bond acceptors (Lipinski definition) is 3. The Balaban J connectivity index is 2.17. The Hall–Kier alpha value is -1.71. The molecule has 2 N–H and O–H groups in total. The van der Waals surface area contributed by atoms with Crippen LogP contribution in [0.1, 0.15) is 36.0 Å². The minimum absolute atomic E-state index is 0.0897. The van der Waals surface area contributed by atoms with Crippen LogP contribution in [0.3, 0.4) is 0 Å². The van der Waals surface area contributed by atoms with E-state index in [9.17, 15) is 15.0 Å². The van der Waals surface area contributed by atoms with Crippen LogP contribution in [-0.4, -0.2) is 34.1 Å². The molecule has 0 bridgehead atoms. The lowest BCUT2D eigenvalue weighted by Gasteiger charge is -2.24. The van der Waals surface area contributed by atoms with Gasteiger partial charge in [0.05, 0.1) is 0 Å². The second-order valence-corrected chi connectivity index (χ2v) is 4.59. The van der Waals surface area contributed by atoms with E-state index in [0.29, 0.717) is 5.56 Å². The van der Waals surface area contributed by atoms with E-state index in [1.54, 1.807) is 11.9 Å². The largest absolute Gasteiger partial charge is 0.508 e. The Morgan fingerprint density at radius 1 is 1.18 bits per heavy atom. The number of phenolic OH excluding ortho intramolecular Hbond substituents is 2. The fraction of sp³-hybridized carbons (Fsp3) is 0.462. The number of phenols is 2. The van der Waals surface area contributed by atoms with Crippen molar-refractivity contribution in [2.45, 2.75) is 31.7 Å². The van der Waals surface area contributed by atoms with Crippen molar-refractivity contribution in [1.82, 2.24) is 4.90 Å². The van der Waals surface area contributed by atoms with Crippen LogP contribution in [0.25, 0.3) is 0 Å². The predicted octanol–water partition coefficient (Wildman–Crippen LogP) is 2.11. The molecule has 1 aliphatic rings. The van der Waals surface area contributed by atoms with Crippen molar-refractivity contribution in [3.05, 3.63) is 23.8 Å². The second-order valence-electron chi connectivity index (χ2n) is 4.59. The van der Waals surface area contributed by atoms with Crippen LogP contribution in [0, 0.1) is 0 Å². The number of aromatic hydroxyl groups is 2. The minimum Gasteiger partial charge on any atom is -0.508 e. The highest BCUT2D eigenvalue weighted by molar-refractivity contribution is 5.95. The van der Waals surface area contributed by atoms with Gasteiger partial charge in [0.15, 0.2) is 0 Å². The van der Waals surface area contributed by atoms with E-state index in [-0.39, 0.29) is 23.4 Å². The predicted molar refractivity (Wildman–Crippen MR) is 64.1 cm³/mol. The molecule has 0 unspecified atom stereocenters. The summed E-state index contributed by atoms with van der Waals surface area (Å²) in [6.07, 6.45) is 4.39. The third kappa shape index (κ3) is 2.52. The lowest BCUT2D eigenvalue weighted by atomic mass is 10.1. The molecule has 0 spiro atoms. The highest BCUT2D eigenvalue weighted by atomic mass is 16.3. The average molecular weight is 235 g/mol. The van der Waals surface area contributed by atoms with Crippen LogP contribution in [0.4, 0.5) is 0 Å². The monoisotopic (exact) mass is 235 g/mol. The van der Waals surface area contributed by atoms with Crippen molar-refractivity contribution in [3.63, 3.8) is 0 Å². The molecule has 2 rings (SSSR count). The van der Waals surface area contributed by atoms with Gasteiger partial charge < -0.3 is 15.1 Å².